The number of hydrogen-bond donors (Lipinski definition) is 2. The fourth-order valence-corrected chi connectivity index (χ4v) is 1.87. The van der Waals surface area contributed by atoms with E-state index in [0.717, 1.165) is 18.5 Å². The molecule has 16 heavy (non-hydrogen) atoms. The predicted molar refractivity (Wildman–Crippen MR) is 58.5 cm³/mol. The van der Waals surface area contributed by atoms with Crippen LogP contribution in [0.2, 0.25) is 0 Å². The number of nitrogens with two attached hydrogens (primary N) is 1. The highest BCUT2D eigenvalue weighted by Crippen LogP contribution is 2.29. The molecule has 1 aliphatic carbocycles. The van der Waals surface area contributed by atoms with E-state index in [1.807, 2.05) is 17.8 Å². The smallest absolute Gasteiger partial charge is 0.217 e. The average Bonchev–Trinajstić information content (AvgIpc) is 2.63. The minimum absolute atomic E-state index is 0.0672. The number of carbonyl (C=O) groups is 1. The number of amides is 1. The molecule has 1 aromatic rings. The average molecular weight is 223 g/mol. The number of rotatable bonds is 3. The highest BCUT2D eigenvalue weighted by molar-refractivity contribution is 5.73. The Bertz CT molecular complexity index is 388. The molecule has 3 atom stereocenters. The van der Waals surface area contributed by atoms with Crippen molar-refractivity contribution in [2.75, 3.05) is 0 Å². The molecule has 3 unspecified atom stereocenters. The van der Waals surface area contributed by atoms with E-state index in [0.29, 0.717) is 0 Å². The van der Waals surface area contributed by atoms with Crippen LogP contribution < -0.4 is 11.1 Å². The van der Waals surface area contributed by atoms with Gasteiger partial charge in [0, 0.05) is 13.0 Å². The Morgan fingerprint density at radius 3 is 2.94 bits per heavy atom. The number of nitrogens with one attached hydrogen (secondary N) is 1. The van der Waals surface area contributed by atoms with Crippen molar-refractivity contribution in [3.63, 3.8) is 0 Å². The molecule has 0 saturated heterocycles. The fourth-order valence-electron chi connectivity index (χ4n) is 1.87. The molecule has 88 valence electrons. The predicted octanol–water partition coefficient (Wildman–Crippen LogP) is 0.137. The summed E-state index contributed by atoms with van der Waals surface area (Å²) < 4.78 is 1.81. The summed E-state index contributed by atoms with van der Waals surface area (Å²) in [6.07, 6.45) is 3.96. The Labute approximate surface area is 94.2 Å². The molecule has 0 spiro atoms. The second-order valence-electron chi connectivity index (χ2n) is 4.35. The highest BCUT2D eigenvalue weighted by atomic mass is 16.1. The third-order valence-corrected chi connectivity index (χ3v) is 3.02. The van der Waals surface area contributed by atoms with Gasteiger partial charge in [0.25, 0.3) is 0 Å². The molecule has 0 aliphatic heterocycles. The topological polar surface area (TPSA) is 85.8 Å². The molecular weight excluding hydrogens is 206 g/mol. The lowest BCUT2D eigenvalue weighted by Crippen LogP contribution is -2.41. The molecular formula is C10H17N5O. The molecule has 1 heterocycles. The summed E-state index contributed by atoms with van der Waals surface area (Å²) in [6, 6.07) is 0.346. The molecule has 1 aliphatic rings. The Balaban J connectivity index is 2.04. The summed E-state index contributed by atoms with van der Waals surface area (Å²) in [5.41, 5.74) is 6.63. The maximum Gasteiger partial charge on any atom is 0.217 e. The van der Waals surface area contributed by atoms with Gasteiger partial charge >= 0.3 is 0 Å². The van der Waals surface area contributed by atoms with Crippen LogP contribution in [0.5, 0.6) is 0 Å². The summed E-state index contributed by atoms with van der Waals surface area (Å²) >= 11 is 0. The van der Waals surface area contributed by atoms with E-state index in [9.17, 15) is 4.79 Å². The van der Waals surface area contributed by atoms with Crippen LogP contribution in [-0.4, -0.2) is 26.9 Å². The van der Waals surface area contributed by atoms with Crippen LogP contribution >= 0.6 is 0 Å². The van der Waals surface area contributed by atoms with Crippen LogP contribution in [0, 0.1) is 0 Å². The maximum atomic E-state index is 10.9. The van der Waals surface area contributed by atoms with Crippen molar-refractivity contribution in [3.05, 3.63) is 11.9 Å². The van der Waals surface area contributed by atoms with Crippen molar-refractivity contribution >= 4 is 5.91 Å². The summed E-state index contributed by atoms with van der Waals surface area (Å²) in [7, 11) is 0. The molecule has 3 N–H and O–H groups in total. The van der Waals surface area contributed by atoms with Gasteiger partial charge in [0.15, 0.2) is 0 Å². The van der Waals surface area contributed by atoms with Crippen LogP contribution in [-0.2, 0) is 4.79 Å². The zero-order valence-corrected chi connectivity index (χ0v) is 9.55. The minimum Gasteiger partial charge on any atom is -0.348 e. The van der Waals surface area contributed by atoms with Gasteiger partial charge in [0.1, 0.15) is 5.69 Å². The molecule has 1 saturated carbocycles. The summed E-state index contributed by atoms with van der Waals surface area (Å²) in [5, 5.41) is 10.9. The van der Waals surface area contributed by atoms with Crippen LogP contribution in [0.3, 0.4) is 0 Å². The number of hydrogen-bond acceptors (Lipinski definition) is 4. The molecule has 0 aromatic carbocycles. The van der Waals surface area contributed by atoms with Crippen molar-refractivity contribution in [2.24, 2.45) is 5.73 Å². The van der Waals surface area contributed by atoms with Crippen molar-refractivity contribution in [3.8, 4) is 0 Å². The lowest BCUT2D eigenvalue weighted by atomic mass is 9.87. The van der Waals surface area contributed by atoms with Gasteiger partial charge in [0.05, 0.1) is 18.3 Å². The zero-order valence-electron chi connectivity index (χ0n) is 9.55. The van der Waals surface area contributed by atoms with E-state index >= 15 is 0 Å². The summed E-state index contributed by atoms with van der Waals surface area (Å²) in [4.78, 5) is 10.9. The van der Waals surface area contributed by atoms with E-state index in [4.69, 9.17) is 5.73 Å². The Kier molecular flexibility index (Phi) is 2.91. The Morgan fingerprint density at radius 2 is 2.44 bits per heavy atom. The molecule has 0 radical (unpaired) electrons. The molecule has 6 nitrogen and oxygen atoms in total. The molecule has 6 heteroatoms. The third kappa shape index (κ3) is 2.06. The number of carbonyl (C=O) groups excluding carboxylic acids is 1. The third-order valence-electron chi connectivity index (χ3n) is 3.02. The van der Waals surface area contributed by atoms with E-state index in [2.05, 4.69) is 15.6 Å². The first-order valence-electron chi connectivity index (χ1n) is 5.52. The Morgan fingerprint density at radius 1 is 1.69 bits per heavy atom. The SMILES string of the molecule is CC(=O)NC(C)c1cn(C2CCC2N)nn1. The second kappa shape index (κ2) is 4.21. The van der Waals surface area contributed by atoms with Crippen molar-refractivity contribution < 1.29 is 4.79 Å². The van der Waals surface area contributed by atoms with Gasteiger partial charge in [-0.1, -0.05) is 5.21 Å². The quantitative estimate of drug-likeness (QED) is 0.763. The molecule has 2 rings (SSSR count). The van der Waals surface area contributed by atoms with E-state index in [1.54, 1.807) is 0 Å². The number of aromatic nitrogens is 3. The first kappa shape index (κ1) is 11.1. The largest absolute Gasteiger partial charge is 0.348 e. The lowest BCUT2D eigenvalue weighted by molar-refractivity contribution is -0.119. The standard InChI is InChI=1S/C10H17N5O/c1-6(12-7(2)16)9-5-15(14-13-9)10-4-3-8(10)11/h5-6,8,10H,3-4,11H2,1-2H3,(H,12,16). The highest BCUT2D eigenvalue weighted by Gasteiger charge is 2.30. The fraction of sp³-hybridized carbons (Fsp3) is 0.700. The monoisotopic (exact) mass is 223 g/mol. The summed E-state index contributed by atoms with van der Waals surface area (Å²) in [6.45, 7) is 3.37. The van der Waals surface area contributed by atoms with Gasteiger partial charge in [0.2, 0.25) is 5.91 Å². The van der Waals surface area contributed by atoms with E-state index < -0.39 is 0 Å². The second-order valence-corrected chi connectivity index (χ2v) is 4.35. The van der Waals surface area contributed by atoms with Gasteiger partial charge in [-0.2, -0.15) is 0 Å². The Hall–Kier alpha value is -1.43. The minimum atomic E-state index is -0.109. The normalized spacial score (nSPS) is 25.9. The van der Waals surface area contributed by atoms with Gasteiger partial charge < -0.3 is 11.1 Å². The van der Waals surface area contributed by atoms with E-state index in [-0.39, 0.29) is 24.0 Å². The van der Waals surface area contributed by atoms with Crippen LogP contribution in [0.4, 0.5) is 0 Å². The first-order valence-corrected chi connectivity index (χ1v) is 5.52. The van der Waals surface area contributed by atoms with Gasteiger partial charge in [-0.15, -0.1) is 5.10 Å². The summed E-state index contributed by atoms with van der Waals surface area (Å²) in [5.74, 6) is -0.0672. The van der Waals surface area contributed by atoms with Gasteiger partial charge in [-0.3, -0.25) is 4.79 Å². The van der Waals surface area contributed by atoms with Crippen LogP contribution in [0.1, 0.15) is 44.5 Å². The maximum absolute atomic E-state index is 10.9. The molecule has 1 fully saturated rings. The molecule has 1 amide bonds. The van der Waals surface area contributed by atoms with Crippen LogP contribution in [0.15, 0.2) is 6.20 Å². The molecule has 1 aromatic heterocycles. The zero-order chi connectivity index (χ0) is 11.7. The first-order chi connectivity index (χ1) is 7.58. The van der Waals surface area contributed by atoms with Gasteiger partial charge in [-0.25, -0.2) is 4.68 Å². The lowest BCUT2D eigenvalue weighted by Gasteiger charge is -2.32. The van der Waals surface area contributed by atoms with Gasteiger partial charge in [-0.05, 0) is 19.8 Å². The van der Waals surface area contributed by atoms with Crippen molar-refractivity contribution in [1.29, 1.82) is 0 Å². The number of nitrogens with zero attached hydrogens (tertiary/aromatic N) is 3. The van der Waals surface area contributed by atoms with Crippen LogP contribution in [0.25, 0.3) is 0 Å². The molecule has 0 bridgehead atoms. The van der Waals surface area contributed by atoms with Crippen molar-refractivity contribution in [2.45, 2.75) is 44.8 Å². The van der Waals surface area contributed by atoms with Crippen molar-refractivity contribution in [1.82, 2.24) is 20.3 Å². The van der Waals surface area contributed by atoms with E-state index in [1.165, 1.54) is 6.92 Å².